The second-order valence-corrected chi connectivity index (χ2v) is 7.61. The average molecular weight is 290 g/mol. The van der Waals surface area contributed by atoms with Crippen molar-refractivity contribution < 1.29 is 8.42 Å². The average Bonchev–Trinajstić information content (AvgIpc) is 2.49. The summed E-state index contributed by atoms with van der Waals surface area (Å²) in [5.41, 5.74) is 0.265. The van der Waals surface area contributed by atoms with E-state index in [9.17, 15) is 8.42 Å². The van der Waals surface area contributed by atoms with Gasteiger partial charge >= 0.3 is 0 Å². The van der Waals surface area contributed by atoms with Crippen LogP contribution in [-0.4, -0.2) is 35.4 Å². The van der Waals surface area contributed by atoms with Crippen molar-refractivity contribution in [1.82, 2.24) is 9.97 Å². The fourth-order valence-corrected chi connectivity index (χ4v) is 4.42. The van der Waals surface area contributed by atoms with Crippen molar-refractivity contribution in [1.29, 1.82) is 0 Å². The zero-order valence-corrected chi connectivity index (χ0v) is 12.2. The fourth-order valence-electron chi connectivity index (χ4n) is 2.11. The molecule has 7 heteroatoms. The fraction of sp³-hybridized carbons (Fsp3) is 0.636. The molecule has 1 atom stereocenters. The lowest BCUT2D eigenvalue weighted by Gasteiger charge is -2.25. The van der Waals surface area contributed by atoms with Crippen LogP contribution in [0.5, 0.6) is 0 Å². The van der Waals surface area contributed by atoms with Crippen LogP contribution < -0.4 is 5.32 Å². The summed E-state index contributed by atoms with van der Waals surface area (Å²) >= 11 is 6.00. The molecule has 0 radical (unpaired) electrons. The quantitative estimate of drug-likeness (QED) is 0.840. The molecular formula is C11H16ClN3O2S. The van der Waals surface area contributed by atoms with E-state index in [1.54, 1.807) is 6.92 Å². The summed E-state index contributed by atoms with van der Waals surface area (Å²) in [5, 5.41) is 3.61. The van der Waals surface area contributed by atoms with Crippen LogP contribution in [0.2, 0.25) is 5.15 Å². The van der Waals surface area contributed by atoms with Crippen molar-refractivity contribution in [2.45, 2.75) is 32.7 Å². The number of sulfone groups is 1. The highest BCUT2D eigenvalue weighted by atomic mass is 35.5. The minimum atomic E-state index is -2.95. The SMILES string of the molecule is Cc1nc(Cl)c(C)c(NC2(C)CCS(=O)(=O)C2)n1. The first-order chi connectivity index (χ1) is 8.21. The maximum Gasteiger partial charge on any atom is 0.152 e. The third-order valence-corrected chi connectivity index (χ3v) is 5.39. The van der Waals surface area contributed by atoms with Crippen molar-refractivity contribution in [2.75, 3.05) is 16.8 Å². The number of aromatic nitrogens is 2. The smallest absolute Gasteiger partial charge is 0.152 e. The van der Waals surface area contributed by atoms with Gasteiger partial charge in [-0.1, -0.05) is 11.6 Å². The molecule has 1 fully saturated rings. The summed E-state index contributed by atoms with van der Waals surface area (Å²) in [6.07, 6.45) is 0.579. The summed E-state index contributed by atoms with van der Waals surface area (Å²) in [5.74, 6) is 1.53. The molecule has 1 aromatic heterocycles. The van der Waals surface area contributed by atoms with Gasteiger partial charge in [0.15, 0.2) is 9.84 Å². The molecule has 5 nitrogen and oxygen atoms in total. The third kappa shape index (κ3) is 2.75. The molecule has 1 aliphatic rings. The predicted molar refractivity (Wildman–Crippen MR) is 71.8 cm³/mol. The first-order valence-electron chi connectivity index (χ1n) is 5.70. The number of hydrogen-bond donors (Lipinski definition) is 1. The second-order valence-electron chi connectivity index (χ2n) is 5.06. The largest absolute Gasteiger partial charge is 0.363 e. The van der Waals surface area contributed by atoms with E-state index in [4.69, 9.17) is 11.6 Å². The summed E-state index contributed by atoms with van der Waals surface area (Å²) in [4.78, 5) is 8.34. The molecule has 1 N–H and O–H groups in total. The maximum absolute atomic E-state index is 11.6. The molecule has 1 aliphatic heterocycles. The van der Waals surface area contributed by atoms with Gasteiger partial charge in [-0.3, -0.25) is 0 Å². The van der Waals surface area contributed by atoms with Crippen molar-refractivity contribution in [2.24, 2.45) is 0 Å². The highest BCUT2D eigenvalue weighted by Gasteiger charge is 2.38. The molecule has 18 heavy (non-hydrogen) atoms. The van der Waals surface area contributed by atoms with Gasteiger partial charge < -0.3 is 5.32 Å². The standard InChI is InChI=1S/C11H16ClN3O2S/c1-7-9(12)13-8(2)14-10(7)15-11(3)4-5-18(16,17)6-11/h4-6H2,1-3H3,(H,13,14,15). The zero-order chi connectivity index (χ0) is 13.6. The van der Waals surface area contributed by atoms with Gasteiger partial charge in [0, 0.05) is 5.56 Å². The molecule has 100 valence electrons. The molecular weight excluding hydrogens is 274 g/mol. The van der Waals surface area contributed by atoms with Gasteiger partial charge in [-0.05, 0) is 27.2 Å². The number of nitrogens with zero attached hydrogens (tertiary/aromatic N) is 2. The first-order valence-corrected chi connectivity index (χ1v) is 7.90. The van der Waals surface area contributed by atoms with Gasteiger partial charge in [0.2, 0.25) is 0 Å². The molecule has 1 aromatic rings. The van der Waals surface area contributed by atoms with Gasteiger partial charge in [0.05, 0.1) is 17.0 Å². The van der Waals surface area contributed by atoms with E-state index in [0.717, 1.165) is 5.56 Å². The van der Waals surface area contributed by atoms with Crippen LogP contribution >= 0.6 is 11.6 Å². The number of hydrogen-bond acceptors (Lipinski definition) is 5. The Morgan fingerprint density at radius 2 is 2.00 bits per heavy atom. The van der Waals surface area contributed by atoms with Gasteiger partial charge in [-0.15, -0.1) is 0 Å². The summed E-state index contributed by atoms with van der Waals surface area (Å²) in [6, 6.07) is 0. The molecule has 2 heterocycles. The molecule has 1 unspecified atom stereocenters. The van der Waals surface area contributed by atoms with E-state index in [1.165, 1.54) is 0 Å². The highest BCUT2D eigenvalue weighted by molar-refractivity contribution is 7.91. The topological polar surface area (TPSA) is 72.0 Å². The summed E-state index contributed by atoms with van der Waals surface area (Å²) in [6.45, 7) is 5.46. The van der Waals surface area contributed by atoms with Crippen molar-refractivity contribution in [3.05, 3.63) is 16.5 Å². The highest BCUT2D eigenvalue weighted by Crippen LogP contribution is 2.29. The normalized spacial score (nSPS) is 26.2. The minimum absolute atomic E-state index is 0.125. The number of nitrogens with one attached hydrogen (secondary N) is 1. The molecule has 0 aliphatic carbocycles. The van der Waals surface area contributed by atoms with Crippen LogP contribution in [0.4, 0.5) is 5.82 Å². The first kappa shape index (κ1) is 13.5. The number of aryl methyl sites for hydroxylation is 1. The van der Waals surface area contributed by atoms with Crippen molar-refractivity contribution >= 4 is 27.3 Å². The third-order valence-electron chi connectivity index (χ3n) is 3.12. The molecule has 0 bridgehead atoms. The number of rotatable bonds is 2. The monoisotopic (exact) mass is 289 g/mol. The molecule has 1 saturated heterocycles. The zero-order valence-electron chi connectivity index (χ0n) is 10.6. The Bertz CT molecular complexity index is 588. The van der Waals surface area contributed by atoms with Crippen LogP contribution in [-0.2, 0) is 9.84 Å². The lowest BCUT2D eigenvalue weighted by Crippen LogP contribution is -2.36. The maximum atomic E-state index is 11.6. The lowest BCUT2D eigenvalue weighted by atomic mass is 10.0. The predicted octanol–water partition coefficient (Wildman–Crippen LogP) is 1.74. The Balaban J connectivity index is 2.30. The lowest BCUT2D eigenvalue weighted by molar-refractivity contribution is 0.571. The van der Waals surface area contributed by atoms with Gasteiger partial charge in [-0.2, -0.15) is 0 Å². The molecule has 2 rings (SSSR count). The van der Waals surface area contributed by atoms with Gasteiger partial charge in [0.25, 0.3) is 0 Å². The second kappa shape index (κ2) is 4.35. The van der Waals surface area contributed by atoms with Crippen LogP contribution in [0, 0.1) is 13.8 Å². The number of halogens is 1. The Hall–Kier alpha value is -0.880. The Kier molecular flexibility index (Phi) is 3.27. The van der Waals surface area contributed by atoms with Crippen LogP contribution in [0.15, 0.2) is 0 Å². The Labute approximate surface area is 112 Å². The van der Waals surface area contributed by atoms with E-state index in [-0.39, 0.29) is 11.5 Å². The van der Waals surface area contributed by atoms with Crippen LogP contribution in [0.3, 0.4) is 0 Å². The van der Waals surface area contributed by atoms with Crippen molar-refractivity contribution in [3.8, 4) is 0 Å². The molecule has 0 amide bonds. The van der Waals surface area contributed by atoms with Gasteiger partial charge in [0.1, 0.15) is 16.8 Å². The van der Waals surface area contributed by atoms with Gasteiger partial charge in [-0.25, -0.2) is 18.4 Å². The minimum Gasteiger partial charge on any atom is -0.363 e. The van der Waals surface area contributed by atoms with E-state index >= 15 is 0 Å². The molecule has 0 spiro atoms. The Morgan fingerprint density at radius 1 is 1.33 bits per heavy atom. The summed E-state index contributed by atoms with van der Waals surface area (Å²) in [7, 11) is -2.95. The number of anilines is 1. The van der Waals surface area contributed by atoms with Crippen molar-refractivity contribution in [3.63, 3.8) is 0 Å². The van der Waals surface area contributed by atoms with E-state index < -0.39 is 15.4 Å². The summed E-state index contributed by atoms with van der Waals surface area (Å²) < 4.78 is 23.1. The van der Waals surface area contributed by atoms with E-state index in [0.29, 0.717) is 23.2 Å². The molecule has 0 aromatic carbocycles. The molecule has 0 saturated carbocycles. The van der Waals surface area contributed by atoms with E-state index in [1.807, 2.05) is 13.8 Å². The van der Waals surface area contributed by atoms with Crippen LogP contribution in [0.1, 0.15) is 24.7 Å². The van der Waals surface area contributed by atoms with E-state index in [2.05, 4.69) is 15.3 Å². The van der Waals surface area contributed by atoms with Crippen LogP contribution in [0.25, 0.3) is 0 Å². The Morgan fingerprint density at radius 3 is 2.56 bits per heavy atom.